The van der Waals surface area contributed by atoms with Crippen LogP contribution in [0.25, 0.3) is 0 Å². The lowest BCUT2D eigenvalue weighted by Gasteiger charge is -2.15. The molecule has 0 radical (unpaired) electrons. The van der Waals surface area contributed by atoms with Gasteiger partial charge in [0, 0.05) is 25.0 Å². The SMILES string of the molecule is CN(CC(F)F)c1ncc(CO)cn1. The largest absolute Gasteiger partial charge is 0.392 e. The minimum Gasteiger partial charge on any atom is -0.392 e. The first-order valence-corrected chi connectivity index (χ1v) is 4.04. The molecule has 1 N–H and O–H groups in total. The minimum absolute atomic E-state index is 0.154. The molecular weight excluding hydrogens is 192 g/mol. The molecule has 78 valence electrons. The molecule has 0 saturated heterocycles. The van der Waals surface area contributed by atoms with E-state index in [1.165, 1.54) is 24.3 Å². The highest BCUT2D eigenvalue weighted by Gasteiger charge is 2.10. The van der Waals surface area contributed by atoms with Crippen molar-refractivity contribution in [2.75, 3.05) is 18.5 Å². The summed E-state index contributed by atoms with van der Waals surface area (Å²) in [5.41, 5.74) is 0.555. The summed E-state index contributed by atoms with van der Waals surface area (Å²) in [6.45, 7) is -0.558. The van der Waals surface area contributed by atoms with Gasteiger partial charge in [0.05, 0.1) is 13.2 Å². The highest BCUT2D eigenvalue weighted by atomic mass is 19.3. The number of alkyl halides is 2. The van der Waals surface area contributed by atoms with E-state index in [1.807, 2.05) is 0 Å². The van der Waals surface area contributed by atoms with Crippen molar-refractivity contribution in [3.05, 3.63) is 18.0 Å². The Hall–Kier alpha value is -1.30. The van der Waals surface area contributed by atoms with Gasteiger partial charge in [-0.1, -0.05) is 0 Å². The van der Waals surface area contributed by atoms with Crippen molar-refractivity contribution in [3.8, 4) is 0 Å². The topological polar surface area (TPSA) is 49.2 Å². The number of nitrogens with zero attached hydrogens (tertiary/aromatic N) is 3. The summed E-state index contributed by atoms with van der Waals surface area (Å²) < 4.78 is 24.0. The van der Waals surface area contributed by atoms with Crippen LogP contribution in [-0.2, 0) is 6.61 Å². The van der Waals surface area contributed by atoms with Crippen LogP contribution in [0, 0.1) is 0 Å². The average Bonchev–Trinajstić information content (AvgIpc) is 2.17. The van der Waals surface area contributed by atoms with E-state index < -0.39 is 13.0 Å². The molecule has 14 heavy (non-hydrogen) atoms. The van der Waals surface area contributed by atoms with E-state index in [9.17, 15) is 8.78 Å². The van der Waals surface area contributed by atoms with Crippen molar-refractivity contribution < 1.29 is 13.9 Å². The number of aliphatic hydroxyl groups excluding tert-OH is 1. The molecule has 0 aliphatic rings. The number of hydrogen-bond donors (Lipinski definition) is 1. The Morgan fingerprint density at radius 3 is 2.43 bits per heavy atom. The van der Waals surface area contributed by atoms with E-state index in [1.54, 1.807) is 0 Å². The summed E-state index contributed by atoms with van der Waals surface area (Å²) in [4.78, 5) is 8.90. The molecule has 6 heteroatoms. The van der Waals surface area contributed by atoms with Crippen LogP contribution in [0.3, 0.4) is 0 Å². The molecule has 0 bridgehead atoms. The molecule has 1 rings (SSSR count). The van der Waals surface area contributed by atoms with Crippen molar-refractivity contribution >= 4 is 5.95 Å². The van der Waals surface area contributed by atoms with Crippen LogP contribution in [0.2, 0.25) is 0 Å². The molecule has 0 aromatic carbocycles. The standard InChI is InChI=1S/C8H11F2N3O/c1-13(4-7(9)10)8-11-2-6(5-14)3-12-8/h2-3,7,14H,4-5H2,1H3. The van der Waals surface area contributed by atoms with Gasteiger partial charge in [0.25, 0.3) is 6.43 Å². The van der Waals surface area contributed by atoms with Crippen LogP contribution >= 0.6 is 0 Å². The van der Waals surface area contributed by atoms with Gasteiger partial charge in [0.2, 0.25) is 5.95 Å². The average molecular weight is 203 g/mol. The first-order chi connectivity index (χ1) is 6.63. The fourth-order valence-corrected chi connectivity index (χ4v) is 0.915. The lowest BCUT2D eigenvalue weighted by atomic mass is 10.4. The highest BCUT2D eigenvalue weighted by molar-refractivity contribution is 5.28. The minimum atomic E-state index is -2.42. The molecule has 0 saturated carbocycles. The summed E-state index contributed by atoms with van der Waals surface area (Å²) >= 11 is 0. The summed E-state index contributed by atoms with van der Waals surface area (Å²) in [6.07, 6.45) is 0.398. The molecule has 0 unspecified atom stereocenters. The number of halogens is 2. The molecule has 0 amide bonds. The van der Waals surface area contributed by atoms with Crippen molar-refractivity contribution in [1.82, 2.24) is 9.97 Å². The van der Waals surface area contributed by atoms with Crippen LogP contribution in [-0.4, -0.2) is 35.1 Å². The number of hydrogen-bond acceptors (Lipinski definition) is 4. The number of aromatic nitrogens is 2. The summed E-state index contributed by atoms with van der Waals surface area (Å²) in [5.74, 6) is 0.225. The maximum Gasteiger partial charge on any atom is 0.255 e. The van der Waals surface area contributed by atoms with Crippen LogP contribution in [0.4, 0.5) is 14.7 Å². The lowest BCUT2D eigenvalue weighted by Crippen LogP contribution is -2.25. The Balaban J connectivity index is 2.66. The van der Waals surface area contributed by atoms with E-state index in [0.29, 0.717) is 5.56 Å². The molecule has 0 fully saturated rings. The Morgan fingerprint density at radius 2 is 2.00 bits per heavy atom. The third-order valence-electron chi connectivity index (χ3n) is 1.63. The van der Waals surface area contributed by atoms with Gasteiger partial charge in [-0.15, -0.1) is 0 Å². The van der Waals surface area contributed by atoms with E-state index >= 15 is 0 Å². The lowest BCUT2D eigenvalue weighted by molar-refractivity contribution is 0.156. The highest BCUT2D eigenvalue weighted by Crippen LogP contribution is 2.06. The Morgan fingerprint density at radius 1 is 1.43 bits per heavy atom. The number of rotatable bonds is 4. The predicted molar refractivity (Wildman–Crippen MR) is 47.2 cm³/mol. The quantitative estimate of drug-likeness (QED) is 0.781. The van der Waals surface area contributed by atoms with Gasteiger partial charge in [-0.3, -0.25) is 0 Å². The number of aliphatic hydroxyl groups is 1. The van der Waals surface area contributed by atoms with Gasteiger partial charge in [0.15, 0.2) is 0 Å². The fourth-order valence-electron chi connectivity index (χ4n) is 0.915. The van der Waals surface area contributed by atoms with Gasteiger partial charge in [-0.2, -0.15) is 0 Å². The van der Waals surface area contributed by atoms with Crippen molar-refractivity contribution in [2.24, 2.45) is 0 Å². The van der Waals surface area contributed by atoms with E-state index in [-0.39, 0.29) is 12.6 Å². The molecule has 0 atom stereocenters. The molecule has 0 spiro atoms. The fraction of sp³-hybridized carbons (Fsp3) is 0.500. The smallest absolute Gasteiger partial charge is 0.255 e. The molecule has 1 aromatic rings. The Kier molecular flexibility index (Phi) is 3.70. The Labute approximate surface area is 80.2 Å². The Bertz CT molecular complexity index is 278. The summed E-state index contributed by atoms with van der Waals surface area (Å²) in [6, 6.07) is 0. The molecule has 1 aromatic heterocycles. The van der Waals surface area contributed by atoms with Gasteiger partial charge >= 0.3 is 0 Å². The van der Waals surface area contributed by atoms with Gasteiger partial charge in [-0.05, 0) is 0 Å². The summed E-state index contributed by atoms with van der Waals surface area (Å²) in [7, 11) is 1.49. The molecule has 0 aliphatic carbocycles. The first kappa shape index (κ1) is 10.8. The van der Waals surface area contributed by atoms with Crippen LogP contribution < -0.4 is 4.90 Å². The zero-order valence-corrected chi connectivity index (χ0v) is 7.69. The normalized spacial score (nSPS) is 10.6. The maximum atomic E-state index is 12.0. The first-order valence-electron chi connectivity index (χ1n) is 4.04. The van der Waals surface area contributed by atoms with Crippen LogP contribution in [0.5, 0.6) is 0 Å². The van der Waals surface area contributed by atoms with Crippen LogP contribution in [0.15, 0.2) is 12.4 Å². The van der Waals surface area contributed by atoms with E-state index in [2.05, 4.69) is 9.97 Å². The second kappa shape index (κ2) is 4.80. The van der Waals surface area contributed by atoms with Crippen LogP contribution in [0.1, 0.15) is 5.56 Å². The summed E-state index contributed by atoms with van der Waals surface area (Å²) in [5, 5.41) is 8.70. The monoisotopic (exact) mass is 203 g/mol. The zero-order chi connectivity index (χ0) is 10.6. The molecule has 0 aliphatic heterocycles. The van der Waals surface area contributed by atoms with Gasteiger partial charge < -0.3 is 10.0 Å². The number of anilines is 1. The zero-order valence-electron chi connectivity index (χ0n) is 7.69. The third-order valence-corrected chi connectivity index (χ3v) is 1.63. The molecule has 1 heterocycles. The van der Waals surface area contributed by atoms with Crippen molar-refractivity contribution in [3.63, 3.8) is 0 Å². The van der Waals surface area contributed by atoms with Gasteiger partial charge in [0.1, 0.15) is 0 Å². The maximum absolute atomic E-state index is 12.0. The van der Waals surface area contributed by atoms with Crippen molar-refractivity contribution in [2.45, 2.75) is 13.0 Å². The second-order valence-electron chi connectivity index (χ2n) is 2.82. The van der Waals surface area contributed by atoms with Gasteiger partial charge in [-0.25, -0.2) is 18.7 Å². The third kappa shape index (κ3) is 2.88. The van der Waals surface area contributed by atoms with E-state index in [0.717, 1.165) is 0 Å². The molecule has 4 nitrogen and oxygen atoms in total. The molecular formula is C8H11F2N3O. The van der Waals surface area contributed by atoms with E-state index in [4.69, 9.17) is 5.11 Å². The van der Waals surface area contributed by atoms with Crippen molar-refractivity contribution in [1.29, 1.82) is 0 Å². The predicted octanol–water partition coefficient (Wildman–Crippen LogP) is 0.670. The second-order valence-corrected chi connectivity index (χ2v) is 2.82.